The van der Waals surface area contributed by atoms with E-state index in [1.165, 1.54) is 23.1 Å². The number of aryl methyl sites for hydroxylation is 1. The van der Waals surface area contributed by atoms with Gasteiger partial charge >= 0.3 is 5.69 Å². The first kappa shape index (κ1) is 12.9. The lowest BCUT2D eigenvalue weighted by molar-refractivity contribution is 0.627. The summed E-state index contributed by atoms with van der Waals surface area (Å²) < 4.78 is 14.4. The van der Waals surface area contributed by atoms with Gasteiger partial charge in [0.25, 0.3) is 5.56 Å². The Labute approximate surface area is 116 Å². The molecule has 0 spiro atoms. The van der Waals surface area contributed by atoms with E-state index in [4.69, 9.17) is 0 Å². The molecule has 0 atom stereocenters. The molecule has 3 heterocycles. The lowest BCUT2D eigenvalue weighted by atomic mass is 10.2. The zero-order chi connectivity index (χ0) is 15.0. The number of nitrogens with zero attached hydrogens (tertiary/aromatic N) is 4. The maximum Gasteiger partial charge on any atom is 0.325 e. The first-order valence-corrected chi connectivity index (χ1v) is 5.92. The third-order valence-corrected chi connectivity index (χ3v) is 2.85. The summed E-state index contributed by atoms with van der Waals surface area (Å²) in [4.78, 5) is 27.2. The highest BCUT2D eigenvalue weighted by molar-refractivity contribution is 5.59. The minimum Gasteiger partial charge on any atom is -0.313 e. The summed E-state index contributed by atoms with van der Waals surface area (Å²) in [5.41, 5.74) is 0.185. The van der Waals surface area contributed by atoms with Gasteiger partial charge < -0.3 is 4.98 Å². The molecule has 3 aromatic heterocycles. The summed E-state index contributed by atoms with van der Waals surface area (Å²) in [6.45, 7) is 1.68. The van der Waals surface area contributed by atoms with Crippen LogP contribution >= 0.6 is 0 Å². The first-order chi connectivity index (χ1) is 10.0. The molecular formula is C12H9FN6O2. The Balaban J connectivity index is 2.17. The van der Waals surface area contributed by atoms with E-state index in [-0.39, 0.29) is 11.3 Å². The van der Waals surface area contributed by atoms with Gasteiger partial charge in [0, 0.05) is 6.20 Å². The Kier molecular flexibility index (Phi) is 2.94. The van der Waals surface area contributed by atoms with Crippen molar-refractivity contribution in [2.45, 2.75) is 6.92 Å². The Hall–Kier alpha value is -3.10. The Bertz CT molecular complexity index is 926. The number of hydrogen-bond donors (Lipinski definition) is 2. The third-order valence-electron chi connectivity index (χ3n) is 2.85. The molecule has 0 bridgehead atoms. The van der Waals surface area contributed by atoms with Gasteiger partial charge in [-0.25, -0.2) is 13.9 Å². The van der Waals surface area contributed by atoms with Crippen LogP contribution in [-0.2, 0) is 0 Å². The average molecular weight is 288 g/mol. The molecule has 3 aromatic rings. The fraction of sp³-hybridized carbons (Fsp3) is 0.0833. The molecule has 0 aliphatic rings. The second-order valence-electron chi connectivity index (χ2n) is 4.29. The molecule has 0 saturated carbocycles. The highest BCUT2D eigenvalue weighted by Gasteiger charge is 2.11. The van der Waals surface area contributed by atoms with Gasteiger partial charge in [-0.15, -0.1) is 5.10 Å². The Morgan fingerprint density at radius 1 is 1.29 bits per heavy atom. The van der Waals surface area contributed by atoms with Gasteiger partial charge in [-0.05, 0) is 13.0 Å². The summed E-state index contributed by atoms with van der Waals surface area (Å²) >= 11 is 0. The molecule has 0 saturated heterocycles. The molecule has 0 aromatic carbocycles. The first-order valence-electron chi connectivity index (χ1n) is 5.92. The van der Waals surface area contributed by atoms with E-state index in [2.05, 4.69) is 25.3 Å². The number of nitrogens with one attached hydrogen (secondary N) is 2. The van der Waals surface area contributed by atoms with Crippen LogP contribution in [0.1, 0.15) is 5.69 Å². The van der Waals surface area contributed by atoms with Crippen LogP contribution in [0.4, 0.5) is 4.39 Å². The van der Waals surface area contributed by atoms with Crippen molar-refractivity contribution in [3.63, 3.8) is 0 Å². The normalized spacial score (nSPS) is 10.8. The SMILES string of the molecule is Cc1nnc(-c2c[nH]c(=O)[nH]c2=O)cc1-n1cc(F)cn1. The summed E-state index contributed by atoms with van der Waals surface area (Å²) in [5.74, 6) is -0.491. The smallest absolute Gasteiger partial charge is 0.313 e. The number of rotatable bonds is 2. The summed E-state index contributed by atoms with van der Waals surface area (Å²) in [6.07, 6.45) is 3.49. The van der Waals surface area contributed by atoms with Crippen molar-refractivity contribution in [3.05, 3.63) is 57.0 Å². The van der Waals surface area contributed by atoms with E-state index in [0.29, 0.717) is 11.4 Å². The van der Waals surface area contributed by atoms with E-state index in [0.717, 1.165) is 6.20 Å². The Morgan fingerprint density at radius 3 is 2.76 bits per heavy atom. The lowest BCUT2D eigenvalue weighted by Crippen LogP contribution is -2.23. The van der Waals surface area contributed by atoms with Crippen LogP contribution in [0.15, 0.2) is 34.2 Å². The minimum atomic E-state index is -0.613. The molecule has 106 valence electrons. The van der Waals surface area contributed by atoms with Crippen molar-refractivity contribution in [1.29, 1.82) is 0 Å². The van der Waals surface area contributed by atoms with Crippen molar-refractivity contribution >= 4 is 0 Å². The monoisotopic (exact) mass is 288 g/mol. The minimum absolute atomic E-state index is 0.149. The Morgan fingerprint density at radius 2 is 2.10 bits per heavy atom. The fourth-order valence-corrected chi connectivity index (χ4v) is 1.84. The summed E-state index contributed by atoms with van der Waals surface area (Å²) in [6, 6.07) is 1.54. The van der Waals surface area contributed by atoms with E-state index < -0.39 is 17.1 Å². The number of aromatic nitrogens is 6. The molecule has 0 fully saturated rings. The van der Waals surface area contributed by atoms with E-state index >= 15 is 0 Å². The van der Waals surface area contributed by atoms with Gasteiger partial charge in [0.05, 0.1) is 29.3 Å². The average Bonchev–Trinajstić information content (AvgIpc) is 2.86. The van der Waals surface area contributed by atoms with Crippen LogP contribution in [0.5, 0.6) is 0 Å². The van der Waals surface area contributed by atoms with Crippen molar-refractivity contribution < 1.29 is 4.39 Å². The van der Waals surface area contributed by atoms with Crippen LogP contribution < -0.4 is 11.2 Å². The van der Waals surface area contributed by atoms with Crippen LogP contribution in [0, 0.1) is 12.7 Å². The molecule has 0 amide bonds. The van der Waals surface area contributed by atoms with Gasteiger partial charge in [-0.2, -0.15) is 10.2 Å². The molecule has 0 aliphatic carbocycles. The second kappa shape index (κ2) is 4.78. The molecule has 9 heteroatoms. The summed E-state index contributed by atoms with van der Waals surface area (Å²) in [5, 5.41) is 11.7. The lowest BCUT2D eigenvalue weighted by Gasteiger charge is -2.06. The maximum atomic E-state index is 13.1. The molecule has 21 heavy (non-hydrogen) atoms. The van der Waals surface area contributed by atoms with Crippen LogP contribution in [0.3, 0.4) is 0 Å². The zero-order valence-electron chi connectivity index (χ0n) is 10.8. The highest BCUT2D eigenvalue weighted by Crippen LogP contribution is 2.17. The van der Waals surface area contributed by atoms with Gasteiger partial charge in [0.2, 0.25) is 0 Å². The highest BCUT2D eigenvalue weighted by atomic mass is 19.1. The van der Waals surface area contributed by atoms with Crippen molar-refractivity contribution in [1.82, 2.24) is 29.9 Å². The quantitative estimate of drug-likeness (QED) is 0.697. The van der Waals surface area contributed by atoms with Gasteiger partial charge in [0.15, 0.2) is 5.82 Å². The fourth-order valence-electron chi connectivity index (χ4n) is 1.84. The number of halogens is 1. The third kappa shape index (κ3) is 2.36. The molecular weight excluding hydrogens is 279 g/mol. The second-order valence-corrected chi connectivity index (χ2v) is 4.29. The van der Waals surface area contributed by atoms with Crippen molar-refractivity contribution in [2.75, 3.05) is 0 Å². The molecule has 2 N–H and O–H groups in total. The molecule has 3 rings (SSSR count). The van der Waals surface area contributed by atoms with Crippen molar-refractivity contribution in [3.8, 4) is 16.9 Å². The largest absolute Gasteiger partial charge is 0.325 e. The maximum absolute atomic E-state index is 13.1. The van der Waals surface area contributed by atoms with Gasteiger partial charge in [-0.3, -0.25) is 9.78 Å². The molecule has 0 aliphatic heterocycles. The van der Waals surface area contributed by atoms with Gasteiger partial charge in [-0.1, -0.05) is 0 Å². The van der Waals surface area contributed by atoms with Gasteiger partial charge in [0.1, 0.15) is 5.69 Å². The zero-order valence-corrected chi connectivity index (χ0v) is 10.8. The molecule has 0 unspecified atom stereocenters. The number of hydrogen-bond acceptors (Lipinski definition) is 5. The summed E-state index contributed by atoms with van der Waals surface area (Å²) in [7, 11) is 0. The van der Waals surface area contributed by atoms with Crippen LogP contribution in [0.2, 0.25) is 0 Å². The van der Waals surface area contributed by atoms with Crippen LogP contribution in [0.25, 0.3) is 16.9 Å². The molecule has 8 nitrogen and oxygen atoms in total. The van der Waals surface area contributed by atoms with E-state index in [1.807, 2.05) is 0 Å². The predicted molar refractivity (Wildman–Crippen MR) is 70.5 cm³/mol. The van der Waals surface area contributed by atoms with E-state index in [9.17, 15) is 14.0 Å². The topological polar surface area (TPSA) is 109 Å². The van der Waals surface area contributed by atoms with Crippen molar-refractivity contribution in [2.24, 2.45) is 0 Å². The van der Waals surface area contributed by atoms with E-state index in [1.54, 1.807) is 6.92 Å². The number of aromatic amines is 2. The number of H-pyrrole nitrogens is 2. The van der Waals surface area contributed by atoms with Crippen LogP contribution in [-0.4, -0.2) is 29.9 Å². The molecule has 0 radical (unpaired) electrons. The standard InChI is InChI=1S/C12H9FN6O2/c1-6-10(19-5-7(13)3-15-19)2-9(18-17-6)8-4-14-12(21)16-11(8)20/h2-5H,1H3,(H2,14,16,20,21). The predicted octanol–water partition coefficient (Wildman–Crippen LogP) is 0.153.